The fourth-order valence-electron chi connectivity index (χ4n) is 5.81. The maximum absolute atomic E-state index is 14.1. The Kier molecular flexibility index (Phi) is 7.23. The molecule has 4 unspecified atom stereocenters. The summed E-state index contributed by atoms with van der Waals surface area (Å²) in [7, 11) is 0. The number of carbonyl (C=O) groups is 4. The van der Waals surface area contributed by atoms with Crippen LogP contribution in [-0.4, -0.2) is 52.3 Å². The van der Waals surface area contributed by atoms with Crippen molar-refractivity contribution in [2.45, 2.75) is 38.5 Å². The predicted octanol–water partition coefficient (Wildman–Crippen LogP) is 2.23. The molecule has 2 saturated heterocycles. The second-order valence-corrected chi connectivity index (χ2v) is 10.0. The van der Waals surface area contributed by atoms with Crippen molar-refractivity contribution in [3.63, 3.8) is 0 Å². The Morgan fingerprint density at radius 2 is 1.68 bits per heavy atom. The third-order valence-corrected chi connectivity index (χ3v) is 7.19. The number of nitrogens with zero attached hydrogens (tertiary/aromatic N) is 2. The van der Waals surface area contributed by atoms with Crippen molar-refractivity contribution < 1.29 is 29.0 Å². The first-order valence-corrected chi connectivity index (χ1v) is 12.3. The minimum Gasteiger partial charge on any atom is -0.450 e. The lowest BCUT2D eigenvalue weighted by Crippen LogP contribution is -2.55. The monoisotopic (exact) mass is 521 g/mol. The van der Waals surface area contributed by atoms with Crippen LogP contribution in [-0.2, 0) is 24.8 Å². The second-order valence-electron chi connectivity index (χ2n) is 10.0. The summed E-state index contributed by atoms with van der Waals surface area (Å²) in [6, 6.07) is 13.9. The number of para-hydroxylation sites is 1. The highest BCUT2D eigenvalue weighted by molar-refractivity contribution is 6.23. The largest absolute Gasteiger partial charge is 0.507 e. The van der Waals surface area contributed by atoms with Gasteiger partial charge >= 0.3 is 6.16 Å². The smallest absolute Gasteiger partial charge is 0.450 e. The lowest BCUT2D eigenvalue weighted by atomic mass is 9.82. The maximum atomic E-state index is 14.1. The van der Waals surface area contributed by atoms with E-state index >= 15 is 0 Å². The summed E-state index contributed by atoms with van der Waals surface area (Å²) < 4.78 is 5.66. The molecule has 38 heavy (non-hydrogen) atoms. The summed E-state index contributed by atoms with van der Waals surface area (Å²) in [6.45, 7) is 3.88. The highest BCUT2D eigenvalue weighted by Gasteiger charge is 2.71. The van der Waals surface area contributed by atoms with Crippen LogP contribution in [0.4, 0.5) is 10.5 Å². The van der Waals surface area contributed by atoms with Crippen LogP contribution in [0, 0.1) is 23.2 Å². The number of benzene rings is 2. The molecule has 200 valence electrons. The summed E-state index contributed by atoms with van der Waals surface area (Å²) in [5.41, 5.74) is 10.2. The molecule has 2 aromatic carbocycles. The molecule has 4 atom stereocenters. The topological polar surface area (TPSA) is 180 Å². The van der Waals surface area contributed by atoms with Crippen LogP contribution in [0.3, 0.4) is 0 Å². The van der Waals surface area contributed by atoms with E-state index in [-0.39, 0.29) is 30.3 Å². The zero-order valence-corrected chi connectivity index (χ0v) is 21.2. The summed E-state index contributed by atoms with van der Waals surface area (Å²) in [4.78, 5) is 54.9. The minimum atomic E-state index is -1.93. The molecule has 11 nitrogen and oxygen atoms in total. The van der Waals surface area contributed by atoms with Crippen molar-refractivity contribution in [2.24, 2.45) is 29.2 Å². The number of amidine groups is 1. The van der Waals surface area contributed by atoms with Crippen LogP contribution in [0.25, 0.3) is 0 Å². The molecule has 2 heterocycles. The van der Waals surface area contributed by atoms with Gasteiger partial charge in [0.05, 0.1) is 11.6 Å². The van der Waals surface area contributed by atoms with Crippen LogP contribution >= 0.6 is 0 Å². The molecule has 0 aliphatic carbocycles. The van der Waals surface area contributed by atoms with Gasteiger partial charge in [0.2, 0.25) is 23.4 Å². The number of anilines is 1. The van der Waals surface area contributed by atoms with Gasteiger partial charge < -0.3 is 21.3 Å². The van der Waals surface area contributed by atoms with Crippen LogP contribution in [0.1, 0.15) is 37.8 Å². The summed E-state index contributed by atoms with van der Waals surface area (Å²) in [6.07, 6.45) is -1.36. The summed E-state index contributed by atoms with van der Waals surface area (Å²) in [5, 5.41) is 17.7. The first kappa shape index (κ1) is 26.8. The van der Waals surface area contributed by atoms with Crippen molar-refractivity contribution in [3.8, 4) is 0 Å². The van der Waals surface area contributed by atoms with Gasteiger partial charge in [0.1, 0.15) is 11.8 Å². The molecule has 2 aromatic rings. The maximum Gasteiger partial charge on any atom is 0.507 e. The van der Waals surface area contributed by atoms with Crippen molar-refractivity contribution in [2.75, 3.05) is 11.4 Å². The number of primary amides is 1. The average molecular weight is 522 g/mol. The van der Waals surface area contributed by atoms with E-state index in [0.29, 0.717) is 17.7 Å². The number of imide groups is 1. The zero-order chi connectivity index (χ0) is 27.8. The molecule has 2 fully saturated rings. The number of nitrogens with two attached hydrogens (primary N) is 2. The molecule has 2 aliphatic heterocycles. The molecule has 0 saturated carbocycles. The number of likely N-dealkylation sites (tertiary alicyclic amines) is 1. The molecule has 0 aromatic heterocycles. The molecule has 2 aliphatic rings. The molecule has 3 amide bonds. The Labute approximate surface area is 219 Å². The van der Waals surface area contributed by atoms with E-state index < -0.39 is 47.5 Å². The van der Waals surface area contributed by atoms with E-state index in [9.17, 15) is 24.3 Å². The van der Waals surface area contributed by atoms with Gasteiger partial charge in [0.25, 0.3) is 0 Å². The Bertz CT molecular complexity index is 1260. The van der Waals surface area contributed by atoms with E-state index in [1.54, 1.807) is 35.2 Å². The number of rotatable bonds is 9. The van der Waals surface area contributed by atoms with Crippen molar-refractivity contribution in [3.05, 3.63) is 65.7 Å². The molecule has 0 radical (unpaired) electrons. The van der Waals surface area contributed by atoms with Crippen LogP contribution in [0.2, 0.25) is 0 Å². The lowest BCUT2D eigenvalue weighted by Gasteiger charge is -2.42. The van der Waals surface area contributed by atoms with Gasteiger partial charge in [-0.1, -0.05) is 56.3 Å². The predicted molar refractivity (Wildman–Crippen MR) is 138 cm³/mol. The fourth-order valence-corrected chi connectivity index (χ4v) is 5.81. The summed E-state index contributed by atoms with van der Waals surface area (Å²) in [5.74, 6) is -3.98. The van der Waals surface area contributed by atoms with Crippen molar-refractivity contribution in [1.29, 1.82) is 5.41 Å². The third kappa shape index (κ3) is 4.49. The Balaban J connectivity index is 1.98. The quantitative estimate of drug-likeness (QED) is 0.168. The van der Waals surface area contributed by atoms with Crippen LogP contribution < -0.4 is 16.4 Å². The first-order chi connectivity index (χ1) is 18.0. The molecular formula is C27H31N5O6. The zero-order valence-electron chi connectivity index (χ0n) is 21.2. The fraction of sp³-hybridized carbons (Fsp3) is 0.370. The van der Waals surface area contributed by atoms with Gasteiger partial charge in [0, 0.05) is 30.1 Å². The number of hydrogen-bond donors (Lipinski definition) is 4. The van der Waals surface area contributed by atoms with Gasteiger partial charge in [-0.15, -0.1) is 0 Å². The number of amides is 3. The molecule has 0 bridgehead atoms. The molecule has 0 spiro atoms. The number of nitrogen functional groups attached to an aromatic ring is 1. The van der Waals surface area contributed by atoms with Gasteiger partial charge in [-0.25, -0.2) is 9.69 Å². The molecule has 6 N–H and O–H groups in total. The number of carbonyl (C=O) groups excluding carboxylic acids is 3. The minimum absolute atomic E-state index is 0.0344. The Morgan fingerprint density at radius 1 is 1.05 bits per heavy atom. The number of ether oxygens (including phenoxy) is 1. The number of nitrogens with one attached hydrogen (secondary N) is 1. The SMILES string of the molecule is CC(C)CC1C2C(=O)N(c3ccccc3)C(=O)C2C(OC(=O)O)(c2ccc(C(=N)N)cc2)N1CCC(N)=O. The van der Waals surface area contributed by atoms with Crippen molar-refractivity contribution >= 4 is 35.4 Å². The number of fused-ring (bicyclic) bond motifs is 1. The summed E-state index contributed by atoms with van der Waals surface area (Å²) >= 11 is 0. The van der Waals surface area contributed by atoms with Gasteiger partial charge in [-0.2, -0.15) is 0 Å². The molecule has 11 heteroatoms. The van der Waals surface area contributed by atoms with Gasteiger partial charge in [-0.3, -0.25) is 24.7 Å². The van der Waals surface area contributed by atoms with E-state index in [2.05, 4.69) is 0 Å². The van der Waals surface area contributed by atoms with E-state index in [0.717, 1.165) is 4.90 Å². The van der Waals surface area contributed by atoms with E-state index in [1.807, 2.05) is 13.8 Å². The van der Waals surface area contributed by atoms with Crippen LogP contribution in [0.15, 0.2) is 54.6 Å². The van der Waals surface area contributed by atoms with Crippen molar-refractivity contribution in [1.82, 2.24) is 4.90 Å². The van der Waals surface area contributed by atoms with Crippen LogP contribution in [0.5, 0.6) is 0 Å². The number of hydrogen-bond acceptors (Lipinski definition) is 7. The Hall–Kier alpha value is -4.25. The number of carboxylic acid groups (broad SMARTS) is 1. The Morgan fingerprint density at radius 3 is 2.21 bits per heavy atom. The highest BCUT2D eigenvalue weighted by Crippen LogP contribution is 2.56. The molecule has 4 rings (SSSR count). The van der Waals surface area contributed by atoms with E-state index in [1.165, 1.54) is 24.3 Å². The standard InChI is InChI=1S/C27H31N5O6/c1-15(2)14-19-21-22(25(35)32(24(21)34)18-6-4-3-5-7-18)27(38-26(36)37,31(19)13-12-20(28)33)17-10-8-16(9-11-17)23(29)30/h3-11,15,19,21-22H,12-14H2,1-2H3,(H2,28,33)(H3,29,30)(H,36,37). The second kappa shape index (κ2) is 10.3. The van der Waals surface area contributed by atoms with E-state index in [4.69, 9.17) is 21.6 Å². The first-order valence-electron chi connectivity index (χ1n) is 12.3. The molecular weight excluding hydrogens is 490 g/mol. The van der Waals surface area contributed by atoms with Gasteiger partial charge in [0.15, 0.2) is 0 Å². The highest BCUT2D eigenvalue weighted by atomic mass is 16.7. The third-order valence-electron chi connectivity index (χ3n) is 7.19. The normalized spacial score (nSPS) is 25.0. The lowest BCUT2D eigenvalue weighted by molar-refractivity contribution is -0.159. The van der Waals surface area contributed by atoms with Gasteiger partial charge in [-0.05, 0) is 24.5 Å². The average Bonchev–Trinajstić information content (AvgIpc) is 3.27.